The fraction of sp³-hybridized carbons (Fsp3) is 0.323. The molecule has 7 nitrogen and oxygen atoms in total. The Balaban J connectivity index is 1.87. The molecule has 198 valence electrons. The summed E-state index contributed by atoms with van der Waals surface area (Å²) in [6.45, 7) is 9.18. The molecule has 4 aromatic rings. The van der Waals surface area contributed by atoms with Gasteiger partial charge >= 0.3 is 0 Å². The summed E-state index contributed by atoms with van der Waals surface area (Å²) in [6, 6.07) is 21.3. The van der Waals surface area contributed by atoms with Gasteiger partial charge in [0.25, 0.3) is 11.5 Å². The number of nitrogens with zero attached hydrogens (tertiary/aromatic N) is 3. The van der Waals surface area contributed by atoms with Crippen molar-refractivity contribution in [3.63, 3.8) is 0 Å². The molecule has 1 heterocycles. The average molecular weight is 514 g/mol. The van der Waals surface area contributed by atoms with Crippen LogP contribution in [0.25, 0.3) is 16.6 Å². The van der Waals surface area contributed by atoms with Crippen molar-refractivity contribution in [2.75, 3.05) is 20.3 Å². The van der Waals surface area contributed by atoms with Crippen LogP contribution in [0.2, 0.25) is 0 Å². The lowest BCUT2D eigenvalue weighted by atomic mass is 10.1. The van der Waals surface area contributed by atoms with E-state index in [4.69, 9.17) is 14.5 Å². The van der Waals surface area contributed by atoms with Crippen molar-refractivity contribution >= 4 is 16.8 Å². The number of hydrogen-bond donors (Lipinski definition) is 0. The summed E-state index contributed by atoms with van der Waals surface area (Å²) in [6.07, 6.45) is 0.806. The zero-order valence-corrected chi connectivity index (χ0v) is 22.7. The van der Waals surface area contributed by atoms with Gasteiger partial charge in [0.2, 0.25) is 0 Å². The summed E-state index contributed by atoms with van der Waals surface area (Å²) >= 11 is 0. The minimum Gasteiger partial charge on any atom is -0.497 e. The van der Waals surface area contributed by atoms with Crippen molar-refractivity contribution in [2.24, 2.45) is 5.92 Å². The van der Waals surface area contributed by atoms with Crippen LogP contribution in [0, 0.1) is 5.92 Å². The standard InChI is InChI=1S/C31H35N3O4/c1-6-38-25-16-14-24(15-17-25)34-29(32-28-13-8-7-12-27(28)31(34)36)22(4)33(19-18-21(2)3)30(35)23-10-9-11-26(20-23)37-5/h7-17,20-22H,6,18-19H2,1-5H3. The lowest BCUT2D eigenvalue weighted by Gasteiger charge is -2.31. The van der Waals surface area contributed by atoms with E-state index < -0.39 is 6.04 Å². The molecular formula is C31H35N3O4. The van der Waals surface area contributed by atoms with Crippen molar-refractivity contribution in [3.05, 3.63) is 94.5 Å². The van der Waals surface area contributed by atoms with Crippen molar-refractivity contribution in [1.82, 2.24) is 14.5 Å². The van der Waals surface area contributed by atoms with Gasteiger partial charge < -0.3 is 14.4 Å². The molecule has 0 aliphatic carbocycles. The summed E-state index contributed by atoms with van der Waals surface area (Å²) in [4.78, 5) is 34.5. The number of ether oxygens (including phenoxy) is 2. The second kappa shape index (κ2) is 11.9. The highest BCUT2D eigenvalue weighted by molar-refractivity contribution is 5.95. The molecule has 1 unspecified atom stereocenters. The van der Waals surface area contributed by atoms with E-state index in [1.54, 1.807) is 34.8 Å². The van der Waals surface area contributed by atoms with Gasteiger partial charge in [-0.3, -0.25) is 14.2 Å². The molecule has 1 atom stereocenters. The molecule has 0 spiro atoms. The molecule has 4 rings (SSSR count). The molecule has 7 heteroatoms. The Bertz CT molecular complexity index is 1460. The molecule has 0 saturated carbocycles. The molecule has 0 radical (unpaired) electrons. The molecular weight excluding hydrogens is 478 g/mol. The molecule has 1 amide bonds. The van der Waals surface area contributed by atoms with Crippen LogP contribution in [0.5, 0.6) is 11.5 Å². The van der Waals surface area contributed by atoms with E-state index in [0.717, 1.165) is 12.2 Å². The van der Waals surface area contributed by atoms with Crippen LogP contribution in [-0.4, -0.2) is 40.6 Å². The Kier molecular flexibility index (Phi) is 8.46. The molecule has 0 N–H and O–H groups in total. The molecule has 0 fully saturated rings. The monoisotopic (exact) mass is 513 g/mol. The largest absolute Gasteiger partial charge is 0.497 e. The Hall–Kier alpha value is -4.13. The zero-order valence-electron chi connectivity index (χ0n) is 22.7. The number of para-hydroxylation sites is 1. The van der Waals surface area contributed by atoms with E-state index in [-0.39, 0.29) is 11.5 Å². The zero-order chi connectivity index (χ0) is 27.2. The summed E-state index contributed by atoms with van der Waals surface area (Å²) in [5.41, 5.74) is 1.60. The predicted molar refractivity (Wildman–Crippen MR) is 150 cm³/mol. The van der Waals surface area contributed by atoms with Gasteiger partial charge in [-0.05, 0) is 80.8 Å². The molecule has 0 aliphatic rings. The number of rotatable bonds is 10. The van der Waals surface area contributed by atoms with E-state index in [9.17, 15) is 9.59 Å². The Morgan fingerprint density at radius 2 is 1.71 bits per heavy atom. The SMILES string of the molecule is CCOc1ccc(-n2c(C(C)N(CCC(C)C)C(=O)c3cccc(OC)c3)nc3ccccc3c2=O)cc1. The van der Waals surface area contributed by atoms with Gasteiger partial charge in [-0.2, -0.15) is 0 Å². The fourth-order valence-electron chi connectivity index (χ4n) is 4.47. The molecule has 0 aliphatic heterocycles. The van der Waals surface area contributed by atoms with Gasteiger partial charge in [0, 0.05) is 12.1 Å². The van der Waals surface area contributed by atoms with Crippen molar-refractivity contribution in [2.45, 2.75) is 40.2 Å². The lowest BCUT2D eigenvalue weighted by Crippen LogP contribution is -2.38. The molecule has 0 bridgehead atoms. The molecule has 1 aromatic heterocycles. The molecule has 38 heavy (non-hydrogen) atoms. The number of hydrogen-bond acceptors (Lipinski definition) is 5. The quantitative estimate of drug-likeness (QED) is 0.258. The summed E-state index contributed by atoms with van der Waals surface area (Å²) in [7, 11) is 1.58. The van der Waals surface area contributed by atoms with Crippen molar-refractivity contribution in [3.8, 4) is 17.2 Å². The maximum Gasteiger partial charge on any atom is 0.266 e. The third-order valence-corrected chi connectivity index (χ3v) is 6.57. The number of amides is 1. The third-order valence-electron chi connectivity index (χ3n) is 6.57. The maximum absolute atomic E-state index is 13.9. The summed E-state index contributed by atoms with van der Waals surface area (Å²) in [5, 5.41) is 0.519. The molecule has 0 saturated heterocycles. The smallest absolute Gasteiger partial charge is 0.266 e. The highest BCUT2D eigenvalue weighted by Crippen LogP contribution is 2.27. The number of benzene rings is 3. The highest BCUT2D eigenvalue weighted by atomic mass is 16.5. The fourth-order valence-corrected chi connectivity index (χ4v) is 4.47. The topological polar surface area (TPSA) is 73.7 Å². The van der Waals surface area contributed by atoms with Crippen LogP contribution in [-0.2, 0) is 0 Å². The summed E-state index contributed by atoms with van der Waals surface area (Å²) < 4.78 is 12.6. The number of aromatic nitrogens is 2. The van der Waals surface area contributed by atoms with Crippen LogP contribution in [0.15, 0.2) is 77.6 Å². The lowest BCUT2D eigenvalue weighted by molar-refractivity contribution is 0.0671. The first kappa shape index (κ1) is 26.9. The first-order chi connectivity index (χ1) is 18.3. The normalized spacial score (nSPS) is 11.9. The van der Waals surface area contributed by atoms with Gasteiger partial charge in [-0.1, -0.05) is 32.0 Å². The third kappa shape index (κ3) is 5.72. The molecule has 3 aromatic carbocycles. The average Bonchev–Trinajstić information content (AvgIpc) is 2.93. The van der Waals surface area contributed by atoms with Gasteiger partial charge in [0.05, 0.1) is 36.3 Å². The first-order valence-corrected chi connectivity index (χ1v) is 13.0. The summed E-state index contributed by atoms with van der Waals surface area (Å²) in [5.74, 6) is 2.08. The van der Waals surface area contributed by atoms with Crippen molar-refractivity contribution < 1.29 is 14.3 Å². The Labute approximate surface area is 223 Å². The number of carbonyl (C=O) groups is 1. The van der Waals surface area contributed by atoms with E-state index in [1.807, 2.05) is 68.4 Å². The first-order valence-electron chi connectivity index (χ1n) is 13.0. The van der Waals surface area contributed by atoms with Crippen LogP contribution in [0.4, 0.5) is 0 Å². The second-order valence-electron chi connectivity index (χ2n) is 9.64. The van der Waals surface area contributed by atoms with E-state index in [1.165, 1.54) is 0 Å². The van der Waals surface area contributed by atoms with Gasteiger partial charge in [-0.25, -0.2) is 4.98 Å². The van der Waals surface area contributed by atoms with E-state index in [0.29, 0.717) is 52.8 Å². The number of fused-ring (bicyclic) bond motifs is 1. The van der Waals surface area contributed by atoms with Crippen LogP contribution in [0.1, 0.15) is 56.3 Å². The van der Waals surface area contributed by atoms with E-state index in [2.05, 4.69) is 13.8 Å². The highest BCUT2D eigenvalue weighted by Gasteiger charge is 2.28. The van der Waals surface area contributed by atoms with Gasteiger partial charge in [0.1, 0.15) is 17.3 Å². The number of methoxy groups -OCH3 is 1. The van der Waals surface area contributed by atoms with Crippen molar-refractivity contribution in [1.29, 1.82) is 0 Å². The Morgan fingerprint density at radius 1 is 0.974 bits per heavy atom. The van der Waals surface area contributed by atoms with Crippen LogP contribution in [0.3, 0.4) is 0 Å². The van der Waals surface area contributed by atoms with Gasteiger partial charge in [-0.15, -0.1) is 0 Å². The number of carbonyl (C=O) groups excluding carboxylic acids is 1. The van der Waals surface area contributed by atoms with Crippen LogP contribution >= 0.6 is 0 Å². The Morgan fingerprint density at radius 3 is 2.39 bits per heavy atom. The second-order valence-corrected chi connectivity index (χ2v) is 9.64. The maximum atomic E-state index is 13.9. The van der Waals surface area contributed by atoms with Gasteiger partial charge in [0.15, 0.2) is 0 Å². The minimum atomic E-state index is -0.490. The minimum absolute atomic E-state index is 0.141. The van der Waals surface area contributed by atoms with Crippen LogP contribution < -0.4 is 15.0 Å². The predicted octanol–water partition coefficient (Wildman–Crippen LogP) is 6.04. The van der Waals surface area contributed by atoms with E-state index >= 15 is 0 Å².